The van der Waals surface area contributed by atoms with Crippen LogP contribution < -0.4 is 15.0 Å². The zero-order valence-electron chi connectivity index (χ0n) is 34.1. The van der Waals surface area contributed by atoms with Gasteiger partial charge in [-0.2, -0.15) is 0 Å². The van der Waals surface area contributed by atoms with E-state index in [0.717, 1.165) is 16.7 Å². The highest BCUT2D eigenvalue weighted by Crippen LogP contribution is 2.38. The Hall–Kier alpha value is -3.58. The molecular weight excluding hydrogens is 681 g/mol. The fourth-order valence-electron chi connectivity index (χ4n) is 5.13. The number of pyridine rings is 1. The Morgan fingerprint density at radius 3 is 2.08 bits per heavy atom. The summed E-state index contributed by atoms with van der Waals surface area (Å²) in [5.74, 6) is 1.19. The molecule has 0 radical (unpaired) electrons. The van der Waals surface area contributed by atoms with Gasteiger partial charge in [-0.25, -0.2) is 19.4 Å². The number of nitrogens with zero attached hydrogens (tertiary/aromatic N) is 3. The van der Waals surface area contributed by atoms with Gasteiger partial charge in [0.05, 0.1) is 5.52 Å². The summed E-state index contributed by atoms with van der Waals surface area (Å²) in [6.07, 6.45) is -0.948. The highest BCUT2D eigenvalue weighted by Gasteiger charge is 2.42. The molecule has 292 valence electrons. The van der Waals surface area contributed by atoms with E-state index >= 15 is 0 Å². The maximum Gasteiger partial charge on any atom is 0.410 e. The molecule has 0 aliphatic carbocycles. The first-order valence-electron chi connectivity index (χ1n) is 18.4. The van der Waals surface area contributed by atoms with E-state index in [1.54, 1.807) is 4.90 Å². The van der Waals surface area contributed by atoms with E-state index in [-0.39, 0.29) is 23.7 Å². The molecule has 1 aromatic carbocycles. The topological polar surface area (TPSA) is 129 Å². The standard InChI is InChI=1S/C39H64N4O8Si/c1-36(2,3)48-33(44)31(51-52(13,14)39(10,11)12)26-47-29-17-18-30-28(22-29)16-19-32(41-30)42(21-15-20-40-34(45)49-37(4,5)6)23-27-24-43(25-27)35(46)50-38(7,8)9/h16-19,22,27,31H,15,20-21,23-26H2,1-14H3,(H,40,45). The molecule has 1 fully saturated rings. The van der Waals surface area contributed by atoms with Gasteiger partial charge in [0.25, 0.3) is 0 Å². The van der Waals surface area contributed by atoms with E-state index in [1.165, 1.54) is 0 Å². The minimum atomic E-state index is -2.31. The van der Waals surface area contributed by atoms with Crippen molar-refractivity contribution in [2.45, 2.75) is 131 Å². The van der Waals surface area contributed by atoms with Crippen molar-refractivity contribution >= 4 is 43.2 Å². The number of amides is 2. The van der Waals surface area contributed by atoms with Crippen LogP contribution >= 0.6 is 0 Å². The van der Waals surface area contributed by atoms with E-state index in [0.29, 0.717) is 44.9 Å². The third-order valence-electron chi connectivity index (χ3n) is 8.64. The van der Waals surface area contributed by atoms with Gasteiger partial charge in [0.1, 0.15) is 35.0 Å². The van der Waals surface area contributed by atoms with Crippen LogP contribution in [0.1, 0.15) is 89.5 Å². The van der Waals surface area contributed by atoms with Crippen LogP contribution in [0.2, 0.25) is 18.1 Å². The number of hydrogen-bond acceptors (Lipinski definition) is 10. The normalized spacial score (nSPS) is 15.1. The summed E-state index contributed by atoms with van der Waals surface area (Å²) >= 11 is 0. The van der Waals surface area contributed by atoms with Crippen molar-refractivity contribution in [2.24, 2.45) is 5.92 Å². The van der Waals surface area contributed by atoms with Gasteiger partial charge in [0.15, 0.2) is 14.4 Å². The highest BCUT2D eigenvalue weighted by atomic mass is 28.4. The number of anilines is 1. The van der Waals surface area contributed by atoms with Crippen molar-refractivity contribution in [3.8, 4) is 5.75 Å². The molecule has 2 amide bonds. The molecule has 3 rings (SSSR count). The molecule has 1 aliphatic rings. The highest BCUT2D eigenvalue weighted by molar-refractivity contribution is 6.74. The van der Waals surface area contributed by atoms with Gasteiger partial charge in [-0.1, -0.05) is 20.8 Å². The van der Waals surface area contributed by atoms with E-state index in [9.17, 15) is 14.4 Å². The number of carbonyl (C=O) groups excluding carboxylic acids is 3. The molecule has 0 spiro atoms. The van der Waals surface area contributed by atoms with Crippen molar-refractivity contribution in [3.63, 3.8) is 0 Å². The van der Waals surface area contributed by atoms with Crippen molar-refractivity contribution in [1.29, 1.82) is 0 Å². The quantitative estimate of drug-likeness (QED) is 0.0935. The number of fused-ring (bicyclic) bond motifs is 1. The number of carbonyl (C=O) groups is 3. The smallest absolute Gasteiger partial charge is 0.410 e. The van der Waals surface area contributed by atoms with Gasteiger partial charge in [-0.3, -0.25) is 0 Å². The second kappa shape index (κ2) is 16.6. The number of alkyl carbamates (subject to hydrolysis) is 1. The van der Waals surface area contributed by atoms with Gasteiger partial charge in [0.2, 0.25) is 0 Å². The van der Waals surface area contributed by atoms with E-state index in [2.05, 4.69) is 44.1 Å². The van der Waals surface area contributed by atoms with Crippen LogP contribution in [0.4, 0.5) is 15.4 Å². The van der Waals surface area contributed by atoms with E-state index in [1.807, 2.05) is 92.6 Å². The lowest BCUT2D eigenvalue weighted by atomic mass is 10.00. The average Bonchev–Trinajstić information content (AvgIpc) is 2.94. The largest absolute Gasteiger partial charge is 0.490 e. The molecule has 1 saturated heterocycles. The molecule has 0 saturated carbocycles. The molecule has 1 atom stereocenters. The summed E-state index contributed by atoms with van der Waals surface area (Å²) < 4.78 is 29.3. The lowest BCUT2D eigenvalue weighted by Gasteiger charge is -2.42. The van der Waals surface area contributed by atoms with Crippen molar-refractivity contribution < 1.29 is 37.8 Å². The molecule has 2 aromatic rings. The lowest BCUT2D eigenvalue weighted by Crippen LogP contribution is -2.55. The Labute approximate surface area is 312 Å². The van der Waals surface area contributed by atoms with Crippen molar-refractivity contribution in [2.75, 3.05) is 44.2 Å². The van der Waals surface area contributed by atoms with Gasteiger partial charge in [-0.05, 0) is 117 Å². The Kier molecular flexibility index (Phi) is 13.7. The third-order valence-corrected chi connectivity index (χ3v) is 13.1. The minimum absolute atomic E-state index is 0.0191. The van der Waals surface area contributed by atoms with E-state index in [4.69, 9.17) is 28.4 Å². The maximum absolute atomic E-state index is 13.2. The van der Waals surface area contributed by atoms with Gasteiger partial charge in [-0.15, -0.1) is 0 Å². The van der Waals surface area contributed by atoms with Crippen molar-refractivity contribution in [3.05, 3.63) is 30.3 Å². The maximum atomic E-state index is 13.2. The Morgan fingerprint density at radius 2 is 1.50 bits per heavy atom. The van der Waals surface area contributed by atoms with Crippen LogP contribution in [0.5, 0.6) is 5.75 Å². The summed E-state index contributed by atoms with van der Waals surface area (Å²) in [4.78, 5) is 46.9. The molecule has 12 nitrogen and oxygen atoms in total. The summed E-state index contributed by atoms with van der Waals surface area (Å²) in [5, 5.41) is 3.62. The van der Waals surface area contributed by atoms with Crippen LogP contribution in [-0.4, -0.2) is 98.6 Å². The molecule has 13 heteroatoms. The first-order valence-corrected chi connectivity index (χ1v) is 21.3. The Morgan fingerprint density at radius 1 is 0.885 bits per heavy atom. The molecule has 1 unspecified atom stereocenters. The average molecular weight is 745 g/mol. The van der Waals surface area contributed by atoms with Crippen molar-refractivity contribution in [1.82, 2.24) is 15.2 Å². The fourth-order valence-corrected chi connectivity index (χ4v) is 6.36. The summed E-state index contributed by atoms with van der Waals surface area (Å²) in [6, 6.07) is 9.63. The fraction of sp³-hybridized carbons (Fsp3) is 0.692. The number of benzene rings is 1. The molecule has 1 N–H and O–H groups in total. The molecular formula is C39H64N4O8Si. The summed E-state index contributed by atoms with van der Waals surface area (Å²) in [7, 11) is -2.31. The SMILES string of the molecule is CC(C)(C)OC(=O)NCCCN(CC1CN(C(=O)OC(C)(C)C)C1)c1ccc2cc(OCC(O[Si](C)(C)C(C)(C)C)C(=O)OC(C)(C)C)ccc2n1. The number of esters is 1. The Bertz CT molecular complexity index is 1530. The monoisotopic (exact) mass is 744 g/mol. The first kappa shape index (κ1) is 42.8. The number of aromatic nitrogens is 1. The Balaban J connectivity index is 1.75. The molecule has 1 aromatic heterocycles. The number of hydrogen-bond donors (Lipinski definition) is 1. The second-order valence-corrected chi connectivity index (χ2v) is 23.0. The molecule has 1 aliphatic heterocycles. The number of likely N-dealkylation sites (tertiary alicyclic amines) is 1. The summed E-state index contributed by atoms with van der Waals surface area (Å²) in [6.45, 7) is 30.2. The summed E-state index contributed by atoms with van der Waals surface area (Å²) in [5.41, 5.74) is -0.990. The zero-order chi connectivity index (χ0) is 39.3. The predicted octanol–water partition coefficient (Wildman–Crippen LogP) is 7.93. The number of rotatable bonds is 13. The van der Waals surface area contributed by atoms with Gasteiger partial charge in [0, 0.05) is 44.0 Å². The lowest BCUT2D eigenvalue weighted by molar-refractivity contribution is -0.165. The molecule has 0 bridgehead atoms. The predicted molar refractivity (Wildman–Crippen MR) is 208 cm³/mol. The minimum Gasteiger partial charge on any atom is -0.490 e. The zero-order valence-corrected chi connectivity index (χ0v) is 35.1. The van der Waals surface area contributed by atoms with Crippen LogP contribution in [-0.2, 0) is 23.4 Å². The first-order chi connectivity index (χ1) is 23.7. The van der Waals surface area contributed by atoms with Crippen LogP contribution in [0.3, 0.4) is 0 Å². The number of nitrogens with one attached hydrogen (secondary N) is 1. The van der Waals surface area contributed by atoms with Gasteiger partial charge < -0.3 is 38.5 Å². The third kappa shape index (κ3) is 13.8. The van der Waals surface area contributed by atoms with Crippen LogP contribution in [0.25, 0.3) is 10.9 Å². The van der Waals surface area contributed by atoms with Crippen LogP contribution in [0.15, 0.2) is 30.3 Å². The van der Waals surface area contributed by atoms with Gasteiger partial charge >= 0.3 is 18.2 Å². The number of ether oxygens (including phenoxy) is 4. The van der Waals surface area contributed by atoms with E-state index < -0.39 is 43.3 Å². The molecule has 52 heavy (non-hydrogen) atoms. The van der Waals surface area contributed by atoms with Crippen LogP contribution in [0, 0.1) is 5.92 Å². The molecule has 2 heterocycles. The second-order valence-electron chi connectivity index (χ2n) is 18.2.